The molecule has 1 rings (SSSR count). The van der Waals surface area contributed by atoms with E-state index in [-0.39, 0.29) is 0 Å². The van der Waals surface area contributed by atoms with E-state index in [0.717, 1.165) is 13.1 Å². The third kappa shape index (κ3) is 3.65. The van der Waals surface area contributed by atoms with Crippen LogP contribution >= 0.6 is 0 Å². The first kappa shape index (κ1) is 12.2. The van der Waals surface area contributed by atoms with Gasteiger partial charge in [-0.15, -0.1) is 0 Å². The molecule has 0 spiro atoms. The molecule has 0 saturated heterocycles. The molecule has 0 bridgehead atoms. The molecule has 1 unspecified atom stereocenters. The van der Waals surface area contributed by atoms with Crippen LogP contribution in [-0.2, 0) is 0 Å². The highest BCUT2D eigenvalue weighted by molar-refractivity contribution is 5.24. The Bertz CT molecular complexity index is 279. The molecule has 0 saturated carbocycles. The molecule has 1 atom stereocenters. The molecule has 0 aromatic heterocycles. The third-order valence-corrected chi connectivity index (χ3v) is 2.86. The average Bonchev–Trinajstić information content (AvgIpc) is 2.27. The van der Waals surface area contributed by atoms with Crippen LogP contribution < -0.4 is 5.32 Å². The van der Waals surface area contributed by atoms with Gasteiger partial charge in [0.25, 0.3) is 0 Å². The molecule has 0 radical (unpaired) electrons. The van der Waals surface area contributed by atoms with Crippen LogP contribution in [0.2, 0.25) is 0 Å². The van der Waals surface area contributed by atoms with Crippen LogP contribution in [0.25, 0.3) is 0 Å². The van der Waals surface area contributed by atoms with Crippen molar-refractivity contribution in [3.63, 3.8) is 0 Å². The molecule has 0 heterocycles. The number of benzene rings is 1. The lowest BCUT2D eigenvalue weighted by Gasteiger charge is -2.23. The summed E-state index contributed by atoms with van der Waals surface area (Å²) in [6.45, 7) is 6.44. The van der Waals surface area contributed by atoms with Crippen molar-refractivity contribution >= 4 is 0 Å². The van der Waals surface area contributed by atoms with Crippen LogP contribution in [0.1, 0.15) is 24.1 Å². The first-order chi connectivity index (χ1) is 7.17. The third-order valence-electron chi connectivity index (χ3n) is 2.86. The molecule has 1 aromatic rings. The van der Waals surface area contributed by atoms with Gasteiger partial charge in [-0.1, -0.05) is 36.8 Å². The Kier molecular flexibility index (Phi) is 4.79. The van der Waals surface area contributed by atoms with Crippen molar-refractivity contribution < 1.29 is 0 Å². The number of hydrogen-bond donors (Lipinski definition) is 1. The van der Waals surface area contributed by atoms with Crippen molar-refractivity contribution in [1.29, 1.82) is 0 Å². The summed E-state index contributed by atoms with van der Waals surface area (Å²) in [5.74, 6) is 0. The monoisotopic (exact) mass is 206 g/mol. The molecule has 0 aliphatic carbocycles. The van der Waals surface area contributed by atoms with Crippen LogP contribution in [0, 0.1) is 6.92 Å². The predicted molar refractivity (Wildman–Crippen MR) is 66.2 cm³/mol. The predicted octanol–water partition coefficient (Wildman–Crippen LogP) is 2.21. The van der Waals surface area contributed by atoms with Gasteiger partial charge in [-0.2, -0.15) is 0 Å². The minimum Gasteiger partial charge on any atom is -0.312 e. The fourth-order valence-corrected chi connectivity index (χ4v) is 1.60. The maximum absolute atomic E-state index is 3.36. The first-order valence-electron chi connectivity index (χ1n) is 5.59. The van der Waals surface area contributed by atoms with Crippen LogP contribution in [0.15, 0.2) is 24.3 Å². The zero-order chi connectivity index (χ0) is 11.3. The van der Waals surface area contributed by atoms with Gasteiger partial charge in [0.2, 0.25) is 0 Å². The molecule has 1 N–H and O–H groups in total. The summed E-state index contributed by atoms with van der Waals surface area (Å²) < 4.78 is 0. The summed E-state index contributed by atoms with van der Waals surface area (Å²) in [5.41, 5.74) is 2.68. The number of nitrogens with zero attached hydrogens (tertiary/aromatic N) is 1. The van der Waals surface area contributed by atoms with E-state index in [1.54, 1.807) is 0 Å². The van der Waals surface area contributed by atoms with Crippen molar-refractivity contribution in [3.8, 4) is 0 Å². The lowest BCUT2D eigenvalue weighted by atomic mass is 10.1. The topological polar surface area (TPSA) is 15.3 Å². The lowest BCUT2D eigenvalue weighted by molar-refractivity contribution is 0.311. The molecular formula is C13H22N2. The van der Waals surface area contributed by atoms with Gasteiger partial charge in [0.05, 0.1) is 0 Å². The van der Waals surface area contributed by atoms with Gasteiger partial charge in [-0.05, 0) is 33.1 Å². The van der Waals surface area contributed by atoms with E-state index in [1.807, 2.05) is 7.05 Å². The van der Waals surface area contributed by atoms with Crippen molar-refractivity contribution in [2.45, 2.75) is 19.9 Å². The van der Waals surface area contributed by atoms with Gasteiger partial charge >= 0.3 is 0 Å². The largest absolute Gasteiger partial charge is 0.312 e. The van der Waals surface area contributed by atoms with E-state index in [9.17, 15) is 0 Å². The minimum absolute atomic E-state index is 0.426. The van der Waals surface area contributed by atoms with Gasteiger partial charge in [0, 0.05) is 12.6 Å². The smallest absolute Gasteiger partial charge is 0.0446 e. The van der Waals surface area contributed by atoms with Crippen LogP contribution in [0.3, 0.4) is 0 Å². The van der Waals surface area contributed by atoms with E-state index < -0.39 is 0 Å². The van der Waals surface area contributed by atoms with Gasteiger partial charge in [-0.3, -0.25) is 0 Å². The fourth-order valence-electron chi connectivity index (χ4n) is 1.60. The molecule has 1 aromatic carbocycles. The van der Waals surface area contributed by atoms with Crippen LogP contribution in [0.4, 0.5) is 0 Å². The molecule has 84 valence electrons. The molecule has 0 aliphatic rings. The van der Waals surface area contributed by atoms with Gasteiger partial charge in [-0.25, -0.2) is 0 Å². The molecule has 15 heavy (non-hydrogen) atoms. The number of likely N-dealkylation sites (N-methyl/N-ethyl adjacent to an activating group) is 2. The fraction of sp³-hybridized carbons (Fsp3) is 0.538. The molecule has 0 fully saturated rings. The zero-order valence-corrected chi connectivity index (χ0v) is 10.2. The Balaban J connectivity index is 2.69. The molecule has 2 nitrogen and oxygen atoms in total. The summed E-state index contributed by atoms with van der Waals surface area (Å²) in [5, 5.41) is 3.36. The minimum atomic E-state index is 0.426. The second-order valence-corrected chi connectivity index (χ2v) is 4.11. The zero-order valence-electron chi connectivity index (χ0n) is 10.2. The molecule has 2 heteroatoms. The number of nitrogens with one attached hydrogen (secondary N) is 1. The van der Waals surface area contributed by atoms with E-state index in [4.69, 9.17) is 0 Å². The highest BCUT2D eigenvalue weighted by Crippen LogP contribution is 2.14. The van der Waals surface area contributed by atoms with Crippen LogP contribution in [0.5, 0.6) is 0 Å². The van der Waals surface area contributed by atoms with E-state index in [2.05, 4.69) is 55.4 Å². The normalized spacial score (nSPS) is 13.1. The highest BCUT2D eigenvalue weighted by atomic mass is 15.1. The van der Waals surface area contributed by atoms with E-state index in [1.165, 1.54) is 11.1 Å². The first-order valence-corrected chi connectivity index (χ1v) is 5.59. The van der Waals surface area contributed by atoms with E-state index in [0.29, 0.717) is 6.04 Å². The summed E-state index contributed by atoms with van der Waals surface area (Å²) in [6.07, 6.45) is 0. The lowest BCUT2D eigenvalue weighted by Crippen LogP contribution is -2.31. The summed E-state index contributed by atoms with van der Waals surface area (Å²) in [7, 11) is 4.17. The molecule has 0 aliphatic heterocycles. The Labute approximate surface area is 93.3 Å². The maximum Gasteiger partial charge on any atom is 0.0446 e. The van der Waals surface area contributed by atoms with Crippen LogP contribution in [-0.4, -0.2) is 32.1 Å². The standard InChI is InChI=1S/C13H22N2/c1-5-15(4)10-13(14-3)12-8-6-11(2)7-9-12/h6-9,13-14H,5,10H2,1-4H3. The second-order valence-electron chi connectivity index (χ2n) is 4.11. The SMILES string of the molecule is CCN(C)CC(NC)c1ccc(C)cc1. The Hall–Kier alpha value is -0.860. The number of hydrogen-bond acceptors (Lipinski definition) is 2. The summed E-state index contributed by atoms with van der Waals surface area (Å²) in [6, 6.07) is 9.19. The highest BCUT2D eigenvalue weighted by Gasteiger charge is 2.10. The average molecular weight is 206 g/mol. The molecular weight excluding hydrogens is 184 g/mol. The van der Waals surface area contributed by atoms with Gasteiger partial charge < -0.3 is 10.2 Å². The van der Waals surface area contributed by atoms with Crippen molar-refractivity contribution in [3.05, 3.63) is 35.4 Å². The maximum atomic E-state index is 3.36. The van der Waals surface area contributed by atoms with Crippen molar-refractivity contribution in [1.82, 2.24) is 10.2 Å². The number of rotatable bonds is 5. The van der Waals surface area contributed by atoms with Gasteiger partial charge in [0.15, 0.2) is 0 Å². The second kappa shape index (κ2) is 5.89. The summed E-state index contributed by atoms with van der Waals surface area (Å²) in [4.78, 5) is 2.32. The van der Waals surface area contributed by atoms with Crippen molar-refractivity contribution in [2.75, 3.05) is 27.2 Å². The van der Waals surface area contributed by atoms with E-state index >= 15 is 0 Å². The van der Waals surface area contributed by atoms with Crippen molar-refractivity contribution in [2.24, 2.45) is 0 Å². The van der Waals surface area contributed by atoms with Gasteiger partial charge in [0.1, 0.15) is 0 Å². The number of aryl methyl sites for hydroxylation is 1. The molecule has 0 amide bonds. The Morgan fingerprint density at radius 1 is 1.27 bits per heavy atom. The summed E-state index contributed by atoms with van der Waals surface area (Å²) >= 11 is 0. The Morgan fingerprint density at radius 3 is 2.33 bits per heavy atom. The quantitative estimate of drug-likeness (QED) is 0.794. The Morgan fingerprint density at radius 2 is 1.87 bits per heavy atom.